The Labute approximate surface area is 109 Å². The number of allylic oxidation sites excluding steroid dienone is 1. The summed E-state index contributed by atoms with van der Waals surface area (Å²) in [5.41, 5.74) is 0.168. The molecule has 5 nitrogen and oxygen atoms in total. The molecule has 19 heavy (non-hydrogen) atoms. The Morgan fingerprint density at radius 3 is 2.74 bits per heavy atom. The summed E-state index contributed by atoms with van der Waals surface area (Å²) in [6.07, 6.45) is 2.87. The lowest BCUT2D eigenvalue weighted by Gasteiger charge is -1.95. The van der Waals surface area contributed by atoms with Gasteiger partial charge in [0.1, 0.15) is 11.5 Å². The van der Waals surface area contributed by atoms with E-state index in [1.54, 1.807) is 19.1 Å². The molecule has 0 aliphatic carbocycles. The number of carbonyl (C=O) groups is 1. The van der Waals surface area contributed by atoms with Gasteiger partial charge in [-0.05, 0) is 31.2 Å². The molecule has 5 heteroatoms. The van der Waals surface area contributed by atoms with Gasteiger partial charge in [0.2, 0.25) is 0 Å². The van der Waals surface area contributed by atoms with Crippen molar-refractivity contribution in [2.45, 2.75) is 6.92 Å². The lowest BCUT2D eigenvalue weighted by Crippen LogP contribution is -1.96. The van der Waals surface area contributed by atoms with E-state index in [0.29, 0.717) is 5.76 Å². The summed E-state index contributed by atoms with van der Waals surface area (Å²) in [5.74, 6) is 1.01. The van der Waals surface area contributed by atoms with Crippen LogP contribution in [0.1, 0.15) is 21.9 Å². The zero-order chi connectivity index (χ0) is 13.8. The Kier molecular flexibility index (Phi) is 3.56. The molecule has 0 saturated heterocycles. The number of hydrogen-bond donors (Lipinski definition) is 0. The summed E-state index contributed by atoms with van der Waals surface area (Å²) in [4.78, 5) is 21.9. The molecule has 0 spiro atoms. The van der Waals surface area contributed by atoms with Crippen molar-refractivity contribution in [2.75, 3.05) is 0 Å². The molecule has 0 bridgehead atoms. The smallest absolute Gasteiger partial charge is 0.270 e. The van der Waals surface area contributed by atoms with E-state index >= 15 is 0 Å². The van der Waals surface area contributed by atoms with Crippen molar-refractivity contribution in [1.29, 1.82) is 0 Å². The van der Waals surface area contributed by atoms with E-state index in [0.717, 1.165) is 5.76 Å². The van der Waals surface area contributed by atoms with Gasteiger partial charge in [-0.1, -0.05) is 12.1 Å². The first kappa shape index (κ1) is 12.8. The van der Waals surface area contributed by atoms with Crippen LogP contribution in [0.3, 0.4) is 0 Å². The van der Waals surface area contributed by atoms with E-state index in [1.807, 2.05) is 0 Å². The fourth-order valence-corrected chi connectivity index (χ4v) is 1.57. The van der Waals surface area contributed by atoms with Gasteiger partial charge in [-0.25, -0.2) is 0 Å². The van der Waals surface area contributed by atoms with Crippen LogP contribution in [0, 0.1) is 17.0 Å². The summed E-state index contributed by atoms with van der Waals surface area (Å²) in [7, 11) is 0. The van der Waals surface area contributed by atoms with Gasteiger partial charge in [-0.2, -0.15) is 0 Å². The van der Waals surface area contributed by atoms with Gasteiger partial charge in [0.05, 0.1) is 4.92 Å². The van der Waals surface area contributed by atoms with Crippen molar-refractivity contribution in [2.24, 2.45) is 0 Å². The molecule has 1 heterocycles. The molecule has 0 N–H and O–H groups in total. The molecular formula is C14H11NO4. The second-order valence-corrected chi connectivity index (χ2v) is 3.95. The highest BCUT2D eigenvalue weighted by Crippen LogP contribution is 2.15. The molecule has 1 aromatic heterocycles. The van der Waals surface area contributed by atoms with Crippen LogP contribution in [-0.2, 0) is 0 Å². The zero-order valence-corrected chi connectivity index (χ0v) is 10.2. The number of carbonyl (C=O) groups excluding carboxylic acids is 1. The van der Waals surface area contributed by atoms with Gasteiger partial charge in [0, 0.05) is 17.7 Å². The minimum Gasteiger partial charge on any atom is -0.462 e. The molecule has 0 atom stereocenters. The van der Waals surface area contributed by atoms with Crippen LogP contribution in [0.15, 0.2) is 46.9 Å². The highest BCUT2D eigenvalue weighted by atomic mass is 16.6. The molecule has 1 aromatic carbocycles. The number of furan rings is 1. The van der Waals surface area contributed by atoms with Crippen LogP contribution in [0.4, 0.5) is 5.69 Å². The number of nitro benzene ring substituents is 1. The number of ketones is 1. The van der Waals surface area contributed by atoms with Crippen LogP contribution in [0.2, 0.25) is 0 Å². The zero-order valence-electron chi connectivity index (χ0n) is 10.2. The second-order valence-electron chi connectivity index (χ2n) is 3.95. The largest absolute Gasteiger partial charge is 0.462 e. The normalized spacial score (nSPS) is 10.8. The Morgan fingerprint density at radius 1 is 1.32 bits per heavy atom. The maximum absolute atomic E-state index is 11.8. The Bertz CT molecular complexity index is 655. The predicted molar refractivity (Wildman–Crippen MR) is 69.9 cm³/mol. The van der Waals surface area contributed by atoms with E-state index in [9.17, 15) is 14.9 Å². The summed E-state index contributed by atoms with van der Waals surface area (Å²) in [5, 5.41) is 10.6. The average Bonchev–Trinajstić information content (AvgIpc) is 2.82. The third-order valence-electron chi connectivity index (χ3n) is 2.50. The first-order chi connectivity index (χ1) is 9.06. The fraction of sp³-hybridized carbons (Fsp3) is 0.0714. The number of non-ortho nitro benzene ring substituents is 1. The van der Waals surface area contributed by atoms with Gasteiger partial charge < -0.3 is 4.42 Å². The van der Waals surface area contributed by atoms with Crippen LogP contribution >= 0.6 is 0 Å². The minimum absolute atomic E-state index is 0.104. The minimum atomic E-state index is -0.531. The van der Waals surface area contributed by atoms with Crippen molar-refractivity contribution in [1.82, 2.24) is 0 Å². The maximum Gasteiger partial charge on any atom is 0.270 e. The molecule has 2 rings (SSSR count). The number of nitrogens with zero attached hydrogens (tertiary/aromatic N) is 1. The van der Waals surface area contributed by atoms with Crippen molar-refractivity contribution >= 4 is 17.5 Å². The molecule has 0 radical (unpaired) electrons. The number of aryl methyl sites for hydroxylation is 1. The summed E-state index contributed by atoms with van der Waals surface area (Å²) in [6, 6.07) is 9.14. The molecule has 0 aliphatic heterocycles. The Hall–Kier alpha value is -2.69. The fourth-order valence-electron chi connectivity index (χ4n) is 1.57. The van der Waals surface area contributed by atoms with E-state index in [1.165, 1.54) is 36.4 Å². The number of hydrogen-bond acceptors (Lipinski definition) is 4. The predicted octanol–water partition coefficient (Wildman–Crippen LogP) is 3.39. The van der Waals surface area contributed by atoms with Gasteiger partial charge in [0.25, 0.3) is 5.69 Å². The lowest BCUT2D eigenvalue weighted by molar-refractivity contribution is -0.384. The van der Waals surface area contributed by atoms with E-state index < -0.39 is 4.92 Å². The maximum atomic E-state index is 11.8. The third kappa shape index (κ3) is 3.16. The van der Waals surface area contributed by atoms with Crippen molar-refractivity contribution in [3.8, 4) is 0 Å². The van der Waals surface area contributed by atoms with E-state index in [2.05, 4.69) is 0 Å². The standard InChI is InChI=1S/C14H11NO4/c1-10-5-6-13(19-10)7-8-14(16)11-3-2-4-12(9-11)15(17)18/h2-9H,1H3/b8-7+. The quantitative estimate of drug-likeness (QED) is 0.364. The van der Waals surface area contributed by atoms with Crippen molar-refractivity contribution in [3.05, 3.63) is 69.7 Å². The highest BCUT2D eigenvalue weighted by Gasteiger charge is 2.09. The van der Waals surface area contributed by atoms with Crippen molar-refractivity contribution in [3.63, 3.8) is 0 Å². The number of rotatable bonds is 4. The van der Waals surface area contributed by atoms with E-state index in [4.69, 9.17) is 4.42 Å². The van der Waals surface area contributed by atoms with Crippen LogP contribution in [0.25, 0.3) is 6.08 Å². The summed E-state index contributed by atoms with van der Waals surface area (Å²) >= 11 is 0. The van der Waals surface area contributed by atoms with Gasteiger partial charge in [-0.3, -0.25) is 14.9 Å². The van der Waals surface area contributed by atoms with Gasteiger partial charge >= 0.3 is 0 Å². The van der Waals surface area contributed by atoms with Crippen LogP contribution in [0.5, 0.6) is 0 Å². The first-order valence-electron chi connectivity index (χ1n) is 5.59. The van der Waals surface area contributed by atoms with E-state index in [-0.39, 0.29) is 17.0 Å². The van der Waals surface area contributed by atoms with Gasteiger partial charge in [0.15, 0.2) is 5.78 Å². The molecule has 0 amide bonds. The van der Waals surface area contributed by atoms with Crippen molar-refractivity contribution < 1.29 is 14.1 Å². The topological polar surface area (TPSA) is 73.3 Å². The SMILES string of the molecule is Cc1ccc(/C=C/C(=O)c2cccc([N+](=O)[O-])c2)o1. The summed E-state index contributed by atoms with van der Waals surface area (Å²) < 4.78 is 5.28. The number of benzene rings is 1. The average molecular weight is 257 g/mol. The molecule has 2 aromatic rings. The highest BCUT2D eigenvalue weighted by molar-refractivity contribution is 6.07. The molecule has 0 fully saturated rings. The monoisotopic (exact) mass is 257 g/mol. The summed E-state index contributed by atoms with van der Waals surface area (Å²) in [6.45, 7) is 1.81. The molecule has 96 valence electrons. The third-order valence-corrected chi connectivity index (χ3v) is 2.50. The molecular weight excluding hydrogens is 246 g/mol. The first-order valence-corrected chi connectivity index (χ1v) is 5.59. The molecule has 0 saturated carbocycles. The second kappa shape index (κ2) is 5.30. The van der Waals surface area contributed by atoms with Gasteiger partial charge in [-0.15, -0.1) is 0 Å². The van der Waals surface area contributed by atoms with Crippen LogP contribution < -0.4 is 0 Å². The molecule has 0 aliphatic rings. The Morgan fingerprint density at radius 2 is 2.11 bits per heavy atom. The Balaban J connectivity index is 2.18. The molecule has 0 unspecified atom stereocenters. The lowest BCUT2D eigenvalue weighted by atomic mass is 10.1. The number of nitro groups is 1. The van der Waals surface area contributed by atoms with Crippen LogP contribution in [-0.4, -0.2) is 10.7 Å².